The van der Waals surface area contributed by atoms with Gasteiger partial charge >= 0.3 is 5.69 Å². The smallest absolute Gasteiger partial charge is 0.310 e. The Balaban J connectivity index is 1.88. The zero-order valence-corrected chi connectivity index (χ0v) is 16.3. The predicted octanol–water partition coefficient (Wildman–Crippen LogP) is 2.40. The first-order valence-electron chi connectivity index (χ1n) is 9.42. The molecule has 0 radical (unpaired) electrons. The number of imidazole rings is 1. The first-order chi connectivity index (χ1) is 12.9. The molecule has 3 aromatic rings. The third-order valence-corrected chi connectivity index (χ3v) is 5.28. The molecule has 1 aromatic carbocycles. The molecule has 27 heavy (non-hydrogen) atoms. The molecule has 0 bridgehead atoms. The summed E-state index contributed by atoms with van der Waals surface area (Å²) < 4.78 is 4.80. The molecule has 4 rings (SSSR count). The number of anilines is 2. The minimum Gasteiger partial charge on any atom is -0.310 e. The van der Waals surface area contributed by atoms with Crippen LogP contribution < -0.4 is 16.1 Å². The van der Waals surface area contributed by atoms with Gasteiger partial charge in [0.2, 0.25) is 5.95 Å². The van der Waals surface area contributed by atoms with E-state index < -0.39 is 0 Å². The highest BCUT2D eigenvalue weighted by Crippen LogP contribution is 2.31. The lowest BCUT2D eigenvalue weighted by Crippen LogP contribution is -2.40. The van der Waals surface area contributed by atoms with Gasteiger partial charge in [-0.05, 0) is 31.4 Å². The number of aryl methyl sites for hydroxylation is 2. The maximum Gasteiger partial charge on any atom is 0.332 e. The van der Waals surface area contributed by atoms with Gasteiger partial charge in [-0.2, -0.15) is 4.98 Å². The molecule has 0 unspecified atom stereocenters. The topological polar surface area (TPSA) is 65.1 Å². The van der Waals surface area contributed by atoms with Crippen molar-refractivity contribution in [1.82, 2.24) is 18.7 Å². The molecule has 142 valence electrons. The Kier molecular flexibility index (Phi) is 4.17. The summed E-state index contributed by atoms with van der Waals surface area (Å²) in [6.07, 6.45) is 0.789. The predicted molar refractivity (Wildman–Crippen MR) is 107 cm³/mol. The summed E-state index contributed by atoms with van der Waals surface area (Å²) >= 11 is 0. The number of fused-ring (bicyclic) bond motifs is 3. The summed E-state index contributed by atoms with van der Waals surface area (Å²) in [7, 11) is 1.69. The Bertz CT molecular complexity index is 1120. The summed E-state index contributed by atoms with van der Waals surface area (Å²) in [5, 5.41) is 0. The van der Waals surface area contributed by atoms with E-state index in [1.54, 1.807) is 7.05 Å². The second kappa shape index (κ2) is 6.40. The van der Waals surface area contributed by atoms with E-state index in [0.717, 1.165) is 24.6 Å². The average molecular weight is 367 g/mol. The van der Waals surface area contributed by atoms with Gasteiger partial charge in [-0.15, -0.1) is 0 Å². The quantitative estimate of drug-likeness (QED) is 0.710. The normalized spacial score (nSPS) is 13.7. The lowest BCUT2D eigenvalue weighted by molar-refractivity contribution is 0.487. The molecule has 0 atom stereocenters. The molecule has 0 aliphatic carbocycles. The minimum absolute atomic E-state index is 0.238. The largest absolute Gasteiger partial charge is 0.332 e. The highest BCUT2D eigenvalue weighted by Gasteiger charge is 2.28. The molecule has 0 saturated heterocycles. The van der Waals surface area contributed by atoms with Gasteiger partial charge in [-0.1, -0.05) is 31.5 Å². The maximum atomic E-state index is 13.1. The number of nitrogens with zero attached hydrogens (tertiary/aromatic N) is 5. The van der Waals surface area contributed by atoms with Crippen molar-refractivity contribution >= 4 is 22.8 Å². The van der Waals surface area contributed by atoms with E-state index >= 15 is 0 Å². The Labute approximate surface area is 157 Å². The van der Waals surface area contributed by atoms with Crippen LogP contribution in [0.1, 0.15) is 25.8 Å². The zero-order chi connectivity index (χ0) is 19.3. The number of rotatable bonds is 4. The molecule has 2 aromatic heterocycles. The van der Waals surface area contributed by atoms with E-state index in [1.165, 1.54) is 14.7 Å². The molecule has 0 saturated carbocycles. The fourth-order valence-electron chi connectivity index (χ4n) is 3.63. The molecule has 0 N–H and O–H groups in total. The Morgan fingerprint density at radius 1 is 1.11 bits per heavy atom. The molecular weight excluding hydrogens is 342 g/mol. The van der Waals surface area contributed by atoms with Crippen LogP contribution in [0.2, 0.25) is 0 Å². The van der Waals surface area contributed by atoms with Crippen LogP contribution in [0.15, 0.2) is 33.9 Å². The number of hydrogen-bond donors (Lipinski definition) is 0. The maximum absolute atomic E-state index is 13.1. The molecule has 3 heterocycles. The van der Waals surface area contributed by atoms with Crippen molar-refractivity contribution in [2.24, 2.45) is 13.0 Å². The van der Waals surface area contributed by atoms with Crippen molar-refractivity contribution < 1.29 is 0 Å². The van der Waals surface area contributed by atoms with Crippen LogP contribution in [-0.4, -0.2) is 25.2 Å². The van der Waals surface area contributed by atoms with Gasteiger partial charge in [0, 0.05) is 32.4 Å². The van der Waals surface area contributed by atoms with Gasteiger partial charge in [0.15, 0.2) is 11.2 Å². The van der Waals surface area contributed by atoms with Crippen LogP contribution in [0.25, 0.3) is 11.2 Å². The summed E-state index contributed by atoms with van der Waals surface area (Å²) in [6, 6.07) is 8.25. The highest BCUT2D eigenvalue weighted by molar-refractivity contribution is 5.77. The van der Waals surface area contributed by atoms with Gasteiger partial charge in [-0.3, -0.25) is 13.9 Å². The summed E-state index contributed by atoms with van der Waals surface area (Å²) in [5.41, 5.74) is 2.68. The van der Waals surface area contributed by atoms with E-state index in [9.17, 15) is 9.59 Å². The highest BCUT2D eigenvalue weighted by atomic mass is 16.2. The van der Waals surface area contributed by atoms with Crippen molar-refractivity contribution in [3.8, 4) is 0 Å². The molecule has 7 nitrogen and oxygen atoms in total. The third kappa shape index (κ3) is 2.78. The minimum atomic E-state index is -0.299. The van der Waals surface area contributed by atoms with Crippen molar-refractivity contribution in [3.63, 3.8) is 0 Å². The van der Waals surface area contributed by atoms with Crippen molar-refractivity contribution in [2.75, 3.05) is 11.4 Å². The van der Waals surface area contributed by atoms with Gasteiger partial charge in [-0.25, -0.2) is 4.79 Å². The number of benzene rings is 1. The molecule has 1 aliphatic heterocycles. The Morgan fingerprint density at radius 2 is 1.81 bits per heavy atom. The molecule has 7 heteroatoms. The Morgan fingerprint density at radius 3 is 2.48 bits per heavy atom. The zero-order valence-electron chi connectivity index (χ0n) is 16.3. The number of hydrogen-bond acceptors (Lipinski definition) is 4. The average Bonchev–Trinajstić information content (AvgIpc) is 3.19. The summed E-state index contributed by atoms with van der Waals surface area (Å²) in [4.78, 5) is 32.6. The second-order valence-corrected chi connectivity index (χ2v) is 7.70. The van der Waals surface area contributed by atoms with Crippen LogP contribution in [0.5, 0.6) is 0 Å². The van der Waals surface area contributed by atoms with Crippen molar-refractivity contribution in [2.45, 2.75) is 40.3 Å². The van der Waals surface area contributed by atoms with E-state index in [2.05, 4.69) is 54.9 Å². The van der Waals surface area contributed by atoms with E-state index in [4.69, 9.17) is 0 Å². The molecule has 1 aliphatic rings. The molecule has 0 amide bonds. The lowest BCUT2D eigenvalue weighted by Gasteiger charge is -2.16. The second-order valence-electron chi connectivity index (χ2n) is 7.70. The summed E-state index contributed by atoms with van der Waals surface area (Å²) in [5.74, 6) is 1.15. The number of aromatic nitrogens is 4. The summed E-state index contributed by atoms with van der Waals surface area (Å²) in [6.45, 7) is 8.10. The monoisotopic (exact) mass is 367 g/mol. The standard InChI is InChI=1S/C20H25N5O2/c1-13(2)9-10-25-18(26)16-17(22(4)20(25)27)21-19-23(11-12-24(16)19)15-7-5-14(3)6-8-15/h5-8,13H,9-12H2,1-4H3. The van der Waals surface area contributed by atoms with Crippen molar-refractivity contribution in [3.05, 3.63) is 50.7 Å². The van der Waals surface area contributed by atoms with Crippen molar-refractivity contribution in [1.29, 1.82) is 0 Å². The van der Waals surface area contributed by atoms with E-state index in [-0.39, 0.29) is 11.2 Å². The van der Waals surface area contributed by atoms with E-state index in [0.29, 0.717) is 30.2 Å². The first-order valence-corrected chi connectivity index (χ1v) is 9.42. The van der Waals surface area contributed by atoms with Crippen LogP contribution in [-0.2, 0) is 20.1 Å². The third-order valence-electron chi connectivity index (χ3n) is 5.28. The molecular formula is C20H25N5O2. The fourth-order valence-corrected chi connectivity index (χ4v) is 3.63. The molecule has 0 spiro atoms. The van der Waals surface area contributed by atoms with Gasteiger partial charge in [0.05, 0.1) is 0 Å². The van der Waals surface area contributed by atoms with Gasteiger partial charge in [0.1, 0.15) is 0 Å². The fraction of sp³-hybridized carbons (Fsp3) is 0.450. The van der Waals surface area contributed by atoms with Gasteiger partial charge < -0.3 is 9.47 Å². The SMILES string of the molecule is Cc1ccc(N2CCn3c2nc2c3c(=O)n(CCC(C)C)c(=O)n2C)cc1. The van der Waals surface area contributed by atoms with E-state index in [1.807, 2.05) is 4.57 Å². The Hall–Kier alpha value is -2.83. The van der Waals surface area contributed by atoms with Crippen LogP contribution in [0.3, 0.4) is 0 Å². The molecule has 0 fully saturated rings. The lowest BCUT2D eigenvalue weighted by atomic mass is 10.1. The first kappa shape index (κ1) is 17.6. The van der Waals surface area contributed by atoms with Crippen LogP contribution in [0.4, 0.5) is 11.6 Å². The van der Waals surface area contributed by atoms with Crippen LogP contribution >= 0.6 is 0 Å². The van der Waals surface area contributed by atoms with Gasteiger partial charge in [0.25, 0.3) is 5.56 Å². The van der Waals surface area contributed by atoms with Crippen LogP contribution in [0, 0.1) is 12.8 Å².